The van der Waals surface area contributed by atoms with E-state index in [4.69, 9.17) is 0 Å². The Bertz CT molecular complexity index is 3.25. The van der Waals surface area contributed by atoms with E-state index in [0.29, 0.717) is 0 Å². The third kappa shape index (κ3) is 9.00. The molecule has 0 radical (unpaired) electrons. The first kappa shape index (κ1) is 26.6. The van der Waals surface area contributed by atoms with Gasteiger partial charge in [0.05, 0.1) is 0 Å². The zero-order chi connectivity index (χ0) is 0. The third-order valence-electron chi connectivity index (χ3n) is 0. The van der Waals surface area contributed by atoms with Crippen LogP contribution in [-0.2, 0) is 13.5 Å². The largest absolute Gasteiger partial charge is 0.813 e. The topological polar surface area (TPSA) is 0 Å². The summed E-state index contributed by atoms with van der Waals surface area (Å²) in [4.78, 5) is 0. The van der Waals surface area contributed by atoms with Gasteiger partial charge in [-0.05, 0) is 0 Å². The van der Waals surface area contributed by atoms with Crippen LogP contribution < -0.4 is 0 Å². The van der Waals surface area contributed by atoms with Gasteiger partial charge in [0, 0.05) is 87.5 Å². The Morgan fingerprint density at radius 1 is 0.500 bits per heavy atom. The molecule has 0 amide bonds. The van der Waals surface area contributed by atoms with Crippen molar-refractivity contribution in [2.24, 2.45) is 0 Å². The molecule has 4 heteroatoms. The first-order chi connectivity index (χ1) is 0. The summed E-state index contributed by atoms with van der Waals surface area (Å²) < 4.78 is 0. The van der Waals surface area contributed by atoms with Crippen molar-refractivity contribution in [3.05, 3.63) is 0 Å². The summed E-state index contributed by atoms with van der Waals surface area (Å²) in [6.07, 6.45) is 0. The molecule has 0 atom stereocenters. The van der Waals surface area contributed by atoms with Gasteiger partial charge < -0.3 is 13.5 Å². The van der Waals surface area contributed by atoms with Crippen LogP contribution in [0.2, 0.25) is 0 Å². The summed E-state index contributed by atoms with van der Waals surface area (Å²) in [6.45, 7) is 0. The van der Waals surface area contributed by atoms with Crippen molar-refractivity contribution >= 4 is 13.5 Å². The molecule has 0 nitrogen and oxygen atoms in total. The van der Waals surface area contributed by atoms with Gasteiger partial charge in [0.2, 0.25) is 0 Å². The van der Waals surface area contributed by atoms with Crippen molar-refractivity contribution in [3.63, 3.8) is 0 Å². The molecule has 0 aliphatic rings. The molecule has 26 valence electrons. The van der Waals surface area contributed by atoms with Gasteiger partial charge in [0.25, 0.3) is 0 Å². The van der Waals surface area contributed by atoms with E-state index in [1.807, 2.05) is 0 Å². The Labute approximate surface area is 98.7 Å². The molecule has 0 unspecified atom stereocenters. The standard InChI is InChI=1S/3Pu.H2S/h;;;1H2/p-1. The quantitative estimate of drug-likeness (QED) is 0.242. The Kier molecular flexibility index (Phi) is 108. The van der Waals surface area contributed by atoms with E-state index < -0.39 is 0 Å². The molecule has 0 aliphatic heterocycles. The fraction of sp³-hybridized carbons (Fsp3) is 0. The third-order valence-corrected chi connectivity index (χ3v) is 0. The van der Waals surface area contributed by atoms with Crippen LogP contribution in [0, 0.1) is 87.5 Å². The minimum atomic E-state index is 0. The maximum absolute atomic E-state index is 0. The molecule has 0 aromatic carbocycles. The Balaban J connectivity index is 0. The maximum Gasteiger partial charge on any atom is 0 e. The second-order valence-electron chi connectivity index (χ2n) is 0. The van der Waals surface area contributed by atoms with E-state index in [1.165, 1.54) is 0 Å². The summed E-state index contributed by atoms with van der Waals surface area (Å²) >= 11 is 0. The van der Waals surface area contributed by atoms with Crippen LogP contribution in [0.1, 0.15) is 0 Å². The monoisotopic (exact) mass is 747 g/mol. The van der Waals surface area contributed by atoms with E-state index in [2.05, 4.69) is 0 Å². The summed E-state index contributed by atoms with van der Waals surface area (Å²) in [7, 11) is 0. The molecule has 0 N–H and O–H groups in total. The average Bonchev–Trinajstić information content (AvgIpc) is 0. The number of hydrogen-bond acceptors (Lipinski definition) is 1. The predicted molar refractivity (Wildman–Crippen MR) is 8.76 cm³/mol. The molecular formula is HPu3S-. The zero-order valence-corrected chi connectivity index (χ0v) is 12.8. The van der Waals surface area contributed by atoms with Crippen molar-refractivity contribution in [2.45, 2.75) is 0 Å². The molecule has 0 aliphatic carbocycles. The average molecular weight is 765 g/mol. The van der Waals surface area contributed by atoms with Crippen LogP contribution in [0.5, 0.6) is 0 Å². The van der Waals surface area contributed by atoms with Gasteiger partial charge >= 0.3 is 0 Å². The SMILES string of the molecule is [Pu].[Pu].[Pu].[SH-]. The fourth-order valence-electron chi connectivity index (χ4n) is 0. The van der Waals surface area contributed by atoms with Crippen molar-refractivity contribution in [3.8, 4) is 0 Å². The van der Waals surface area contributed by atoms with Crippen molar-refractivity contribution in [1.82, 2.24) is 0 Å². The second-order valence-corrected chi connectivity index (χ2v) is 0. The van der Waals surface area contributed by atoms with E-state index in [-0.39, 0.29) is 101 Å². The van der Waals surface area contributed by atoms with E-state index >= 15 is 0 Å². The summed E-state index contributed by atoms with van der Waals surface area (Å²) in [6, 6.07) is 0. The van der Waals surface area contributed by atoms with Gasteiger partial charge in [0.15, 0.2) is 0 Å². The molecule has 0 aromatic heterocycles. The van der Waals surface area contributed by atoms with E-state index in [9.17, 15) is 0 Å². The van der Waals surface area contributed by atoms with Crippen LogP contribution >= 0.6 is 0 Å². The number of hydrogen-bond donors (Lipinski definition) is 0. The molecule has 0 spiro atoms. The molecule has 0 bridgehead atoms. The van der Waals surface area contributed by atoms with Gasteiger partial charge in [0.1, 0.15) is 0 Å². The summed E-state index contributed by atoms with van der Waals surface area (Å²) in [5.74, 6) is 0. The molecule has 0 aromatic rings. The molecule has 0 fully saturated rings. The summed E-state index contributed by atoms with van der Waals surface area (Å²) in [5, 5.41) is 0. The molecule has 0 saturated carbocycles. The van der Waals surface area contributed by atoms with Crippen LogP contribution in [0.4, 0.5) is 0 Å². The Morgan fingerprint density at radius 3 is 0.500 bits per heavy atom. The van der Waals surface area contributed by atoms with Crippen LogP contribution in [-0.4, -0.2) is 0 Å². The molecule has 4 heavy (non-hydrogen) atoms. The first-order valence-electron chi connectivity index (χ1n) is 0. The Morgan fingerprint density at radius 2 is 0.500 bits per heavy atom. The molecule has 0 rings (SSSR count). The zero-order valence-electron chi connectivity index (χ0n) is 1.67. The van der Waals surface area contributed by atoms with Gasteiger partial charge in [-0.25, -0.2) is 0 Å². The van der Waals surface area contributed by atoms with Crippen LogP contribution in [0.3, 0.4) is 0 Å². The van der Waals surface area contributed by atoms with Gasteiger partial charge in [-0.2, -0.15) is 0 Å². The summed E-state index contributed by atoms with van der Waals surface area (Å²) in [5.41, 5.74) is 0. The van der Waals surface area contributed by atoms with Crippen molar-refractivity contribution < 1.29 is 87.5 Å². The smallest absolute Gasteiger partial charge is 0 e. The predicted octanol–water partition coefficient (Wildman–Crippen LogP) is -0.270. The minimum Gasteiger partial charge on any atom is -0.813 e. The van der Waals surface area contributed by atoms with Crippen LogP contribution in [0.25, 0.3) is 0 Å². The van der Waals surface area contributed by atoms with E-state index in [0.717, 1.165) is 0 Å². The molecule has 0 saturated heterocycles. The first-order valence-corrected chi connectivity index (χ1v) is 0. The number of rotatable bonds is 0. The van der Waals surface area contributed by atoms with Gasteiger partial charge in [-0.15, -0.1) is 0 Å². The Hall–Kier alpha value is 3.31. The van der Waals surface area contributed by atoms with Crippen LogP contribution in [0.15, 0.2) is 0 Å². The van der Waals surface area contributed by atoms with Gasteiger partial charge in [-0.1, -0.05) is 0 Å². The second kappa shape index (κ2) is 16.2. The maximum atomic E-state index is 0. The van der Waals surface area contributed by atoms with Crippen molar-refractivity contribution in [2.75, 3.05) is 0 Å². The van der Waals surface area contributed by atoms with Gasteiger partial charge in [-0.3, -0.25) is 0 Å². The minimum absolute atomic E-state index is 0. The normalized spacial score (nSPS) is 0. The number of thiol groups is 1. The molecule has 0 heterocycles. The molecular weight excluding hydrogens is 764 g/mol. The van der Waals surface area contributed by atoms with Crippen molar-refractivity contribution in [1.29, 1.82) is 0 Å². The van der Waals surface area contributed by atoms with E-state index in [1.54, 1.807) is 0 Å². The fourth-order valence-corrected chi connectivity index (χ4v) is 0.